The number of anilines is 1. The predicted octanol–water partition coefficient (Wildman–Crippen LogP) is 4.06. The lowest BCUT2D eigenvalue weighted by Crippen LogP contribution is -2.32. The van der Waals surface area contributed by atoms with Crippen molar-refractivity contribution in [3.8, 4) is 17.2 Å². The molecule has 2 aliphatic rings. The van der Waals surface area contributed by atoms with Gasteiger partial charge < -0.3 is 19.1 Å². The van der Waals surface area contributed by atoms with Crippen LogP contribution in [-0.2, 0) is 6.54 Å². The monoisotopic (exact) mass is 386 g/mol. The van der Waals surface area contributed by atoms with Crippen LogP contribution in [0.3, 0.4) is 0 Å². The second kappa shape index (κ2) is 6.98. The molecule has 3 heterocycles. The first kappa shape index (κ1) is 17.3. The van der Waals surface area contributed by atoms with Crippen LogP contribution in [0, 0.1) is 0 Å². The zero-order valence-electron chi connectivity index (χ0n) is 15.8. The average Bonchev–Trinajstić information content (AvgIpc) is 3.10. The Kier molecular flexibility index (Phi) is 4.17. The molecule has 29 heavy (non-hydrogen) atoms. The number of hydrogen-bond donors (Lipinski definition) is 0. The number of fused-ring (bicyclic) bond motifs is 3. The van der Waals surface area contributed by atoms with Crippen molar-refractivity contribution in [1.29, 1.82) is 0 Å². The van der Waals surface area contributed by atoms with E-state index in [1.54, 1.807) is 31.6 Å². The highest BCUT2D eigenvalue weighted by Crippen LogP contribution is 2.42. The molecule has 0 fully saturated rings. The van der Waals surface area contributed by atoms with Crippen molar-refractivity contribution < 1.29 is 19.0 Å². The minimum Gasteiger partial charge on any atom is -0.497 e. The standard InChI is InChI=1S/C23H18N2O4/c1-27-17-6-4-15(5-7-17)11-21-22(26)18-8-9-20-19(23(18)29-21)13-25(14-28-20)16-3-2-10-24-12-16/h2-12H,13-14H2,1H3. The van der Waals surface area contributed by atoms with Crippen molar-refractivity contribution in [3.05, 3.63) is 83.4 Å². The normalized spacial score (nSPS) is 16.1. The molecule has 3 aromatic rings. The highest BCUT2D eigenvalue weighted by atomic mass is 16.5. The zero-order valence-corrected chi connectivity index (χ0v) is 15.8. The van der Waals surface area contributed by atoms with Crippen LogP contribution in [0.4, 0.5) is 5.69 Å². The summed E-state index contributed by atoms with van der Waals surface area (Å²) < 4.78 is 17.1. The molecule has 0 spiro atoms. The third kappa shape index (κ3) is 3.08. The number of nitrogens with zero attached hydrogens (tertiary/aromatic N) is 2. The number of allylic oxidation sites excluding steroid dienone is 1. The molecule has 1 aromatic heterocycles. The molecule has 0 saturated heterocycles. The van der Waals surface area contributed by atoms with Crippen LogP contribution in [-0.4, -0.2) is 24.6 Å². The predicted molar refractivity (Wildman–Crippen MR) is 108 cm³/mol. The lowest BCUT2D eigenvalue weighted by Gasteiger charge is -2.31. The number of benzene rings is 2. The molecule has 6 nitrogen and oxygen atoms in total. The number of carbonyl (C=O) groups excluding carboxylic acids is 1. The van der Waals surface area contributed by atoms with Gasteiger partial charge in [0.1, 0.15) is 17.2 Å². The van der Waals surface area contributed by atoms with Crippen molar-refractivity contribution >= 4 is 17.5 Å². The fourth-order valence-corrected chi connectivity index (χ4v) is 3.52. The van der Waals surface area contributed by atoms with Gasteiger partial charge in [0.15, 0.2) is 12.5 Å². The highest BCUT2D eigenvalue weighted by molar-refractivity contribution is 6.15. The van der Waals surface area contributed by atoms with Gasteiger partial charge >= 0.3 is 0 Å². The van der Waals surface area contributed by atoms with Gasteiger partial charge in [-0.05, 0) is 48.0 Å². The van der Waals surface area contributed by atoms with Crippen LogP contribution in [0.25, 0.3) is 6.08 Å². The van der Waals surface area contributed by atoms with Crippen molar-refractivity contribution in [2.45, 2.75) is 6.54 Å². The Morgan fingerprint density at radius 1 is 1.14 bits per heavy atom. The average molecular weight is 386 g/mol. The topological polar surface area (TPSA) is 60.9 Å². The van der Waals surface area contributed by atoms with Gasteiger partial charge in [-0.1, -0.05) is 12.1 Å². The van der Waals surface area contributed by atoms with Crippen molar-refractivity contribution in [2.24, 2.45) is 0 Å². The summed E-state index contributed by atoms with van der Waals surface area (Å²) in [5.41, 5.74) is 3.24. The lowest BCUT2D eigenvalue weighted by atomic mass is 10.0. The van der Waals surface area contributed by atoms with Crippen LogP contribution >= 0.6 is 0 Å². The van der Waals surface area contributed by atoms with Crippen LogP contribution in [0.5, 0.6) is 17.2 Å². The van der Waals surface area contributed by atoms with Crippen LogP contribution in [0.2, 0.25) is 0 Å². The van der Waals surface area contributed by atoms with Crippen molar-refractivity contribution in [3.63, 3.8) is 0 Å². The van der Waals surface area contributed by atoms with E-state index in [-0.39, 0.29) is 5.78 Å². The molecule has 0 bridgehead atoms. The van der Waals surface area contributed by atoms with Crippen LogP contribution in [0.15, 0.2) is 66.7 Å². The first-order valence-electron chi connectivity index (χ1n) is 9.25. The second-order valence-electron chi connectivity index (χ2n) is 6.81. The number of ketones is 1. The fraction of sp³-hybridized carbons (Fsp3) is 0.130. The molecule has 0 saturated carbocycles. The molecule has 0 amide bonds. The maximum atomic E-state index is 12.9. The molecule has 2 aliphatic heterocycles. The van der Waals surface area contributed by atoms with E-state index in [0.29, 0.717) is 30.3 Å². The molecule has 6 heteroatoms. The van der Waals surface area contributed by atoms with Crippen molar-refractivity contribution in [2.75, 3.05) is 18.7 Å². The Morgan fingerprint density at radius 2 is 2.00 bits per heavy atom. The van der Waals surface area contributed by atoms with E-state index in [0.717, 1.165) is 28.3 Å². The van der Waals surface area contributed by atoms with Crippen LogP contribution in [0.1, 0.15) is 21.5 Å². The Balaban J connectivity index is 1.47. The van der Waals surface area contributed by atoms with Gasteiger partial charge in [0.05, 0.1) is 36.7 Å². The number of methoxy groups -OCH3 is 1. The Labute approximate surface area is 168 Å². The van der Waals surface area contributed by atoms with Gasteiger partial charge in [-0.15, -0.1) is 0 Å². The third-order valence-electron chi connectivity index (χ3n) is 5.05. The summed E-state index contributed by atoms with van der Waals surface area (Å²) in [6.07, 6.45) is 5.27. The molecule has 0 unspecified atom stereocenters. The van der Waals surface area contributed by atoms with Gasteiger partial charge in [0, 0.05) is 6.20 Å². The summed E-state index contributed by atoms with van der Waals surface area (Å²) in [7, 11) is 1.62. The van der Waals surface area contributed by atoms with E-state index in [4.69, 9.17) is 14.2 Å². The lowest BCUT2D eigenvalue weighted by molar-refractivity contribution is 0.101. The minimum absolute atomic E-state index is 0.128. The summed E-state index contributed by atoms with van der Waals surface area (Å²) in [4.78, 5) is 19.1. The van der Waals surface area contributed by atoms with Gasteiger partial charge in [0.2, 0.25) is 5.78 Å². The number of hydrogen-bond acceptors (Lipinski definition) is 6. The first-order chi connectivity index (χ1) is 14.2. The van der Waals surface area contributed by atoms with E-state index >= 15 is 0 Å². The zero-order chi connectivity index (χ0) is 19.8. The summed E-state index contributed by atoms with van der Waals surface area (Å²) in [5, 5.41) is 0. The third-order valence-corrected chi connectivity index (χ3v) is 5.05. The SMILES string of the molecule is COc1ccc(C=C2Oc3c(ccc4c3CN(c3cccnc3)CO4)C2=O)cc1. The molecule has 0 radical (unpaired) electrons. The molecule has 144 valence electrons. The Hall–Kier alpha value is -3.80. The minimum atomic E-state index is -0.128. The quantitative estimate of drug-likeness (QED) is 0.633. The summed E-state index contributed by atoms with van der Waals surface area (Å²) in [6.45, 7) is 0.993. The number of aromatic nitrogens is 1. The summed E-state index contributed by atoms with van der Waals surface area (Å²) >= 11 is 0. The van der Waals surface area contributed by atoms with Gasteiger partial charge in [0.25, 0.3) is 0 Å². The fourth-order valence-electron chi connectivity index (χ4n) is 3.52. The largest absolute Gasteiger partial charge is 0.497 e. The highest BCUT2D eigenvalue weighted by Gasteiger charge is 2.33. The second-order valence-corrected chi connectivity index (χ2v) is 6.81. The van der Waals surface area contributed by atoms with Gasteiger partial charge in [-0.25, -0.2) is 0 Å². The molecule has 2 aromatic carbocycles. The smallest absolute Gasteiger partial charge is 0.231 e. The number of rotatable bonds is 3. The Morgan fingerprint density at radius 3 is 2.76 bits per heavy atom. The summed E-state index contributed by atoms with van der Waals surface area (Å²) in [5.74, 6) is 2.24. The molecular weight excluding hydrogens is 368 g/mol. The number of Topliss-reactive ketones (excluding diaryl/α,β-unsaturated/α-hetero) is 1. The number of ether oxygens (including phenoxy) is 3. The van der Waals surface area contributed by atoms with E-state index in [1.165, 1.54) is 0 Å². The Bertz CT molecular complexity index is 1110. The van der Waals surface area contributed by atoms with E-state index in [9.17, 15) is 4.79 Å². The van der Waals surface area contributed by atoms with Crippen LogP contribution < -0.4 is 19.1 Å². The molecule has 0 atom stereocenters. The number of pyridine rings is 1. The molecular formula is C23H18N2O4. The molecule has 5 rings (SSSR count). The molecule has 0 N–H and O–H groups in total. The van der Waals surface area contributed by atoms with Crippen molar-refractivity contribution in [1.82, 2.24) is 4.98 Å². The number of carbonyl (C=O) groups is 1. The maximum Gasteiger partial charge on any atom is 0.231 e. The van der Waals surface area contributed by atoms with Gasteiger partial charge in [-0.3, -0.25) is 9.78 Å². The summed E-state index contributed by atoms with van der Waals surface area (Å²) in [6, 6.07) is 14.9. The van der Waals surface area contributed by atoms with E-state index in [2.05, 4.69) is 9.88 Å². The first-order valence-corrected chi connectivity index (χ1v) is 9.25. The maximum absolute atomic E-state index is 12.9. The molecule has 0 aliphatic carbocycles. The van der Waals surface area contributed by atoms with E-state index < -0.39 is 0 Å². The van der Waals surface area contributed by atoms with Gasteiger partial charge in [-0.2, -0.15) is 0 Å². The van der Waals surface area contributed by atoms with E-state index in [1.807, 2.05) is 42.5 Å².